The Bertz CT molecular complexity index is 519. The van der Waals surface area contributed by atoms with Crippen molar-refractivity contribution in [1.29, 1.82) is 0 Å². The zero-order valence-corrected chi connectivity index (χ0v) is 14.0. The molecule has 0 aromatic carbocycles. The predicted octanol–water partition coefficient (Wildman–Crippen LogP) is 3.93. The molecular weight excluding hydrogens is 322 g/mol. The van der Waals surface area contributed by atoms with E-state index in [1.807, 2.05) is 6.92 Å². The van der Waals surface area contributed by atoms with Crippen molar-refractivity contribution in [2.75, 3.05) is 6.54 Å². The molecule has 5 heteroatoms. The second-order valence-corrected chi connectivity index (χ2v) is 6.11. The molecule has 1 unspecified atom stereocenters. The summed E-state index contributed by atoms with van der Waals surface area (Å²) in [4.78, 5) is 0. The normalized spacial score (nSPS) is 12.8. The van der Waals surface area contributed by atoms with Gasteiger partial charge in [0, 0.05) is 19.0 Å². The SMILES string of the molecule is CCNC(Cc1c(Br)c(C)nn1CC)c1ccsc1. The summed E-state index contributed by atoms with van der Waals surface area (Å²) in [6.07, 6.45) is 0.958. The highest BCUT2D eigenvalue weighted by atomic mass is 79.9. The maximum absolute atomic E-state index is 4.57. The Labute approximate surface area is 127 Å². The predicted molar refractivity (Wildman–Crippen MR) is 84.8 cm³/mol. The van der Waals surface area contributed by atoms with Gasteiger partial charge in [-0.25, -0.2) is 0 Å². The second-order valence-electron chi connectivity index (χ2n) is 4.53. The molecule has 0 spiro atoms. The molecule has 0 amide bonds. The fourth-order valence-electron chi connectivity index (χ4n) is 2.28. The van der Waals surface area contributed by atoms with Gasteiger partial charge in [-0.3, -0.25) is 4.68 Å². The van der Waals surface area contributed by atoms with Gasteiger partial charge in [0.15, 0.2) is 0 Å². The first kappa shape index (κ1) is 14.8. The molecule has 0 bridgehead atoms. The summed E-state index contributed by atoms with van der Waals surface area (Å²) in [6, 6.07) is 2.56. The van der Waals surface area contributed by atoms with Gasteiger partial charge in [0.1, 0.15) is 0 Å². The van der Waals surface area contributed by atoms with Crippen molar-refractivity contribution in [3.8, 4) is 0 Å². The van der Waals surface area contributed by atoms with Crippen molar-refractivity contribution in [2.24, 2.45) is 0 Å². The van der Waals surface area contributed by atoms with E-state index in [2.05, 4.69) is 61.7 Å². The molecule has 0 aliphatic carbocycles. The van der Waals surface area contributed by atoms with Crippen LogP contribution in [0.4, 0.5) is 0 Å². The van der Waals surface area contributed by atoms with Gasteiger partial charge >= 0.3 is 0 Å². The van der Waals surface area contributed by atoms with E-state index >= 15 is 0 Å². The van der Waals surface area contributed by atoms with Crippen molar-refractivity contribution in [1.82, 2.24) is 15.1 Å². The molecule has 1 N–H and O–H groups in total. The van der Waals surface area contributed by atoms with Crippen molar-refractivity contribution in [3.63, 3.8) is 0 Å². The van der Waals surface area contributed by atoms with Gasteiger partial charge < -0.3 is 5.32 Å². The zero-order valence-electron chi connectivity index (χ0n) is 11.6. The monoisotopic (exact) mass is 341 g/mol. The van der Waals surface area contributed by atoms with Crippen molar-refractivity contribution in [3.05, 3.63) is 38.3 Å². The third-order valence-electron chi connectivity index (χ3n) is 3.25. The number of rotatable bonds is 6. The fraction of sp³-hybridized carbons (Fsp3) is 0.500. The van der Waals surface area contributed by atoms with Gasteiger partial charge in [-0.2, -0.15) is 16.4 Å². The minimum Gasteiger partial charge on any atom is -0.310 e. The summed E-state index contributed by atoms with van der Waals surface area (Å²) in [7, 11) is 0. The van der Waals surface area contributed by atoms with Crippen LogP contribution in [-0.2, 0) is 13.0 Å². The lowest BCUT2D eigenvalue weighted by atomic mass is 10.0. The van der Waals surface area contributed by atoms with E-state index in [1.54, 1.807) is 11.3 Å². The van der Waals surface area contributed by atoms with Crippen LogP contribution in [0.5, 0.6) is 0 Å². The maximum atomic E-state index is 4.57. The first-order valence-electron chi connectivity index (χ1n) is 6.64. The summed E-state index contributed by atoms with van der Waals surface area (Å²) in [5.74, 6) is 0. The molecule has 0 radical (unpaired) electrons. The molecule has 2 heterocycles. The lowest BCUT2D eigenvalue weighted by molar-refractivity contribution is 0.516. The van der Waals surface area contributed by atoms with E-state index in [0.717, 1.165) is 29.7 Å². The number of aromatic nitrogens is 2. The van der Waals surface area contributed by atoms with Crippen LogP contribution in [0, 0.1) is 6.92 Å². The van der Waals surface area contributed by atoms with Crippen molar-refractivity contribution >= 4 is 27.3 Å². The summed E-state index contributed by atoms with van der Waals surface area (Å²) >= 11 is 5.43. The summed E-state index contributed by atoms with van der Waals surface area (Å²) in [5.41, 5.74) is 3.70. The molecule has 2 aromatic rings. The molecule has 19 heavy (non-hydrogen) atoms. The lowest BCUT2D eigenvalue weighted by Gasteiger charge is -2.18. The number of nitrogens with zero attached hydrogens (tertiary/aromatic N) is 2. The molecule has 2 aromatic heterocycles. The fourth-order valence-corrected chi connectivity index (χ4v) is 3.44. The largest absolute Gasteiger partial charge is 0.310 e. The first-order chi connectivity index (χ1) is 9.17. The molecule has 2 rings (SSSR count). The van der Waals surface area contributed by atoms with Crippen LogP contribution in [0.15, 0.2) is 21.3 Å². The average molecular weight is 342 g/mol. The van der Waals surface area contributed by atoms with Gasteiger partial charge in [-0.15, -0.1) is 0 Å². The molecule has 0 fully saturated rings. The van der Waals surface area contributed by atoms with E-state index in [1.165, 1.54) is 11.3 Å². The Morgan fingerprint density at radius 3 is 2.84 bits per heavy atom. The Morgan fingerprint density at radius 1 is 1.47 bits per heavy atom. The zero-order chi connectivity index (χ0) is 13.8. The van der Waals surface area contributed by atoms with Crippen LogP contribution in [0.25, 0.3) is 0 Å². The molecule has 0 aliphatic rings. The van der Waals surface area contributed by atoms with Crippen LogP contribution < -0.4 is 5.32 Å². The second kappa shape index (κ2) is 6.68. The number of thiophene rings is 1. The Morgan fingerprint density at radius 2 is 2.26 bits per heavy atom. The van der Waals surface area contributed by atoms with E-state index in [4.69, 9.17) is 0 Å². The van der Waals surface area contributed by atoms with Crippen molar-refractivity contribution in [2.45, 2.75) is 39.8 Å². The molecule has 1 atom stereocenters. The highest BCUT2D eigenvalue weighted by molar-refractivity contribution is 9.10. The molecule has 0 saturated heterocycles. The summed E-state index contributed by atoms with van der Waals surface area (Å²) in [5, 5.41) is 12.5. The smallest absolute Gasteiger partial charge is 0.0738 e. The number of aryl methyl sites for hydroxylation is 2. The van der Waals surface area contributed by atoms with E-state index in [-0.39, 0.29) is 0 Å². The standard InChI is InChI=1S/C14H20BrN3S/c1-4-16-12(11-6-7-19-9-11)8-13-14(15)10(3)17-18(13)5-2/h6-7,9,12,16H,4-5,8H2,1-3H3. The number of likely N-dealkylation sites (N-methyl/N-ethyl adjacent to an activating group) is 1. The first-order valence-corrected chi connectivity index (χ1v) is 8.38. The quantitative estimate of drug-likeness (QED) is 0.862. The summed E-state index contributed by atoms with van der Waals surface area (Å²) < 4.78 is 3.24. The van der Waals surface area contributed by atoms with Crippen molar-refractivity contribution < 1.29 is 0 Å². The molecule has 0 aliphatic heterocycles. The lowest BCUT2D eigenvalue weighted by Crippen LogP contribution is -2.23. The van der Waals surface area contributed by atoms with Gasteiger partial charge in [0.05, 0.1) is 15.9 Å². The maximum Gasteiger partial charge on any atom is 0.0738 e. The van der Waals surface area contributed by atoms with E-state index < -0.39 is 0 Å². The Hall–Kier alpha value is -0.650. The number of halogens is 1. The molecular formula is C14H20BrN3S. The van der Waals surface area contributed by atoms with E-state index in [0.29, 0.717) is 6.04 Å². The van der Waals surface area contributed by atoms with Crippen LogP contribution in [0.1, 0.15) is 36.8 Å². The van der Waals surface area contributed by atoms with Crippen LogP contribution in [-0.4, -0.2) is 16.3 Å². The Balaban J connectivity index is 2.27. The number of hydrogen-bond donors (Lipinski definition) is 1. The van der Waals surface area contributed by atoms with Crippen LogP contribution in [0.2, 0.25) is 0 Å². The highest BCUT2D eigenvalue weighted by Gasteiger charge is 2.18. The van der Waals surface area contributed by atoms with Gasteiger partial charge in [0.2, 0.25) is 0 Å². The third kappa shape index (κ3) is 3.27. The molecule has 0 saturated carbocycles. The average Bonchev–Trinajstić information content (AvgIpc) is 3.01. The van der Waals surface area contributed by atoms with E-state index in [9.17, 15) is 0 Å². The third-order valence-corrected chi connectivity index (χ3v) is 4.98. The summed E-state index contributed by atoms with van der Waals surface area (Å²) in [6.45, 7) is 8.21. The van der Waals surface area contributed by atoms with Crippen LogP contribution in [0.3, 0.4) is 0 Å². The minimum absolute atomic E-state index is 0.356. The van der Waals surface area contributed by atoms with Gasteiger partial charge in [0.25, 0.3) is 0 Å². The number of nitrogens with one attached hydrogen (secondary N) is 1. The number of hydrogen-bond acceptors (Lipinski definition) is 3. The topological polar surface area (TPSA) is 29.9 Å². The Kier molecular flexibility index (Phi) is 5.19. The molecule has 104 valence electrons. The highest BCUT2D eigenvalue weighted by Crippen LogP contribution is 2.27. The van der Waals surface area contributed by atoms with Gasteiger partial charge in [-0.1, -0.05) is 6.92 Å². The molecule has 3 nitrogen and oxygen atoms in total. The van der Waals surface area contributed by atoms with Crippen LogP contribution >= 0.6 is 27.3 Å². The minimum atomic E-state index is 0.356. The van der Waals surface area contributed by atoms with Gasteiger partial charge in [-0.05, 0) is 58.7 Å².